The van der Waals surface area contributed by atoms with E-state index in [1.54, 1.807) is 6.20 Å². The molecule has 1 atom stereocenters. The Hall–Kier alpha value is -1.65. The molecule has 96 valence electrons. The zero-order chi connectivity index (χ0) is 13.0. The number of nitrogens with two attached hydrogens (primary N) is 1. The highest BCUT2D eigenvalue weighted by molar-refractivity contribution is 5.23. The molecule has 0 aliphatic rings. The Morgan fingerprint density at radius 3 is 2.56 bits per heavy atom. The van der Waals surface area contributed by atoms with Gasteiger partial charge in [0.2, 0.25) is 0 Å². The van der Waals surface area contributed by atoms with Crippen LogP contribution in [0, 0.1) is 0 Å². The summed E-state index contributed by atoms with van der Waals surface area (Å²) in [5.74, 6) is 0. The number of rotatable bonds is 5. The summed E-state index contributed by atoms with van der Waals surface area (Å²) in [7, 11) is 1.90. The van der Waals surface area contributed by atoms with Crippen LogP contribution < -0.4 is 5.73 Å². The molecule has 1 aromatic carbocycles. The molecule has 0 amide bonds. The predicted molar refractivity (Wildman–Crippen MR) is 70.9 cm³/mol. The summed E-state index contributed by atoms with van der Waals surface area (Å²) in [5.41, 5.74) is 6.74. The van der Waals surface area contributed by atoms with Gasteiger partial charge in [-0.3, -0.25) is 4.68 Å². The standard InChI is InChI=1S/C14H19N3O/c1-17-13(8-10-16-17)7-9-14(18,11-15)12-5-3-2-4-6-12/h2-6,8,10,18H,7,9,11,15H2,1H3. The molecule has 0 aliphatic heterocycles. The lowest BCUT2D eigenvalue weighted by Crippen LogP contribution is -2.35. The summed E-state index contributed by atoms with van der Waals surface area (Å²) in [4.78, 5) is 0. The molecule has 1 aromatic heterocycles. The smallest absolute Gasteiger partial charge is 0.102 e. The van der Waals surface area contributed by atoms with E-state index in [0.717, 1.165) is 17.7 Å². The van der Waals surface area contributed by atoms with Gasteiger partial charge in [0.05, 0.1) is 0 Å². The Labute approximate surface area is 107 Å². The van der Waals surface area contributed by atoms with Crippen LogP contribution in [0.3, 0.4) is 0 Å². The minimum Gasteiger partial charge on any atom is -0.384 e. The number of hydrogen-bond donors (Lipinski definition) is 2. The fourth-order valence-electron chi connectivity index (χ4n) is 2.09. The second kappa shape index (κ2) is 5.33. The van der Waals surface area contributed by atoms with Gasteiger partial charge >= 0.3 is 0 Å². The van der Waals surface area contributed by atoms with Crippen LogP contribution in [0.15, 0.2) is 42.6 Å². The summed E-state index contributed by atoms with van der Waals surface area (Å²) in [6.45, 7) is 0.217. The SMILES string of the molecule is Cn1nccc1CCC(O)(CN)c1ccccc1. The third-order valence-corrected chi connectivity index (χ3v) is 3.37. The molecular weight excluding hydrogens is 226 g/mol. The van der Waals surface area contributed by atoms with E-state index in [0.29, 0.717) is 6.42 Å². The molecule has 0 spiro atoms. The molecule has 4 nitrogen and oxygen atoms in total. The van der Waals surface area contributed by atoms with E-state index >= 15 is 0 Å². The lowest BCUT2D eigenvalue weighted by molar-refractivity contribution is 0.0365. The lowest BCUT2D eigenvalue weighted by Gasteiger charge is -2.27. The molecule has 2 aromatic rings. The summed E-state index contributed by atoms with van der Waals surface area (Å²) in [5, 5.41) is 14.7. The highest BCUT2D eigenvalue weighted by Crippen LogP contribution is 2.25. The third kappa shape index (κ3) is 2.60. The molecule has 1 unspecified atom stereocenters. The first-order valence-corrected chi connectivity index (χ1v) is 6.10. The van der Waals surface area contributed by atoms with Crippen molar-refractivity contribution in [2.24, 2.45) is 12.8 Å². The fourth-order valence-corrected chi connectivity index (χ4v) is 2.09. The molecule has 0 aliphatic carbocycles. The summed E-state index contributed by atoms with van der Waals surface area (Å²) in [6.07, 6.45) is 3.10. The first kappa shape index (κ1) is 12.8. The maximum absolute atomic E-state index is 10.6. The van der Waals surface area contributed by atoms with Crippen LogP contribution in [0.25, 0.3) is 0 Å². The first-order chi connectivity index (χ1) is 8.65. The molecule has 0 saturated heterocycles. The van der Waals surface area contributed by atoms with E-state index in [1.165, 1.54) is 0 Å². The van der Waals surface area contributed by atoms with Gasteiger partial charge in [0, 0.05) is 25.5 Å². The highest BCUT2D eigenvalue weighted by Gasteiger charge is 2.27. The molecule has 4 heteroatoms. The van der Waals surface area contributed by atoms with Crippen molar-refractivity contribution in [3.05, 3.63) is 53.9 Å². The van der Waals surface area contributed by atoms with Crippen LogP contribution in [0.1, 0.15) is 17.7 Å². The third-order valence-electron chi connectivity index (χ3n) is 3.37. The Morgan fingerprint density at radius 1 is 1.28 bits per heavy atom. The number of aromatic nitrogens is 2. The fraction of sp³-hybridized carbons (Fsp3) is 0.357. The molecule has 2 rings (SSSR count). The zero-order valence-corrected chi connectivity index (χ0v) is 10.6. The van der Waals surface area contributed by atoms with Gasteiger partial charge in [-0.2, -0.15) is 5.10 Å². The lowest BCUT2D eigenvalue weighted by atomic mass is 9.88. The van der Waals surface area contributed by atoms with Crippen molar-refractivity contribution in [1.29, 1.82) is 0 Å². The largest absolute Gasteiger partial charge is 0.384 e. The molecule has 3 N–H and O–H groups in total. The molecule has 0 fully saturated rings. The average molecular weight is 245 g/mol. The predicted octanol–water partition coefficient (Wildman–Crippen LogP) is 1.20. The van der Waals surface area contributed by atoms with E-state index in [1.807, 2.05) is 48.1 Å². The summed E-state index contributed by atoms with van der Waals surface area (Å²) in [6, 6.07) is 11.6. The van der Waals surface area contributed by atoms with Crippen molar-refractivity contribution in [1.82, 2.24) is 9.78 Å². The van der Waals surface area contributed by atoms with E-state index in [-0.39, 0.29) is 6.54 Å². The maximum atomic E-state index is 10.6. The second-order valence-electron chi connectivity index (χ2n) is 4.55. The molecule has 18 heavy (non-hydrogen) atoms. The van der Waals surface area contributed by atoms with Gasteiger partial charge in [0.25, 0.3) is 0 Å². The van der Waals surface area contributed by atoms with Crippen molar-refractivity contribution in [3.63, 3.8) is 0 Å². The van der Waals surface area contributed by atoms with Crippen molar-refractivity contribution in [2.75, 3.05) is 6.54 Å². The van der Waals surface area contributed by atoms with Gasteiger partial charge in [0.1, 0.15) is 5.60 Å². The Bertz CT molecular complexity index is 495. The first-order valence-electron chi connectivity index (χ1n) is 6.10. The number of hydrogen-bond acceptors (Lipinski definition) is 3. The molecule has 1 heterocycles. The van der Waals surface area contributed by atoms with Crippen LogP contribution >= 0.6 is 0 Å². The molecule has 0 bridgehead atoms. The normalized spacial score (nSPS) is 14.4. The van der Waals surface area contributed by atoms with Crippen LogP contribution in [-0.4, -0.2) is 21.4 Å². The summed E-state index contributed by atoms with van der Waals surface area (Å²) < 4.78 is 1.82. The van der Waals surface area contributed by atoms with Gasteiger partial charge in [0.15, 0.2) is 0 Å². The van der Waals surface area contributed by atoms with Gasteiger partial charge in [-0.1, -0.05) is 30.3 Å². The van der Waals surface area contributed by atoms with E-state index < -0.39 is 5.60 Å². The quantitative estimate of drug-likeness (QED) is 0.832. The Morgan fingerprint density at radius 2 is 2.00 bits per heavy atom. The van der Waals surface area contributed by atoms with Crippen molar-refractivity contribution in [2.45, 2.75) is 18.4 Å². The minimum absolute atomic E-state index is 0.217. The van der Waals surface area contributed by atoms with Crippen molar-refractivity contribution >= 4 is 0 Å². The second-order valence-corrected chi connectivity index (χ2v) is 4.55. The number of benzene rings is 1. The van der Waals surface area contributed by atoms with E-state index in [9.17, 15) is 5.11 Å². The van der Waals surface area contributed by atoms with Crippen molar-refractivity contribution in [3.8, 4) is 0 Å². The topological polar surface area (TPSA) is 64.1 Å². The highest BCUT2D eigenvalue weighted by atomic mass is 16.3. The minimum atomic E-state index is -0.967. The number of nitrogens with zero attached hydrogens (tertiary/aromatic N) is 2. The monoisotopic (exact) mass is 245 g/mol. The van der Waals surface area contributed by atoms with E-state index in [4.69, 9.17) is 5.73 Å². The number of aliphatic hydroxyl groups is 1. The van der Waals surface area contributed by atoms with Gasteiger partial charge in [-0.05, 0) is 24.5 Å². The van der Waals surface area contributed by atoms with Crippen molar-refractivity contribution < 1.29 is 5.11 Å². The summed E-state index contributed by atoms with van der Waals surface area (Å²) >= 11 is 0. The van der Waals surface area contributed by atoms with Crippen LogP contribution in [0.5, 0.6) is 0 Å². The zero-order valence-electron chi connectivity index (χ0n) is 10.6. The average Bonchev–Trinajstić information content (AvgIpc) is 2.83. The molecule has 0 radical (unpaired) electrons. The van der Waals surface area contributed by atoms with Gasteiger partial charge in [-0.25, -0.2) is 0 Å². The Balaban J connectivity index is 2.12. The van der Waals surface area contributed by atoms with Gasteiger partial charge in [-0.15, -0.1) is 0 Å². The molecular formula is C14H19N3O. The molecule has 0 saturated carbocycles. The number of aryl methyl sites for hydroxylation is 2. The van der Waals surface area contributed by atoms with Crippen LogP contribution in [0.4, 0.5) is 0 Å². The van der Waals surface area contributed by atoms with Crippen LogP contribution in [0.2, 0.25) is 0 Å². The maximum Gasteiger partial charge on any atom is 0.102 e. The van der Waals surface area contributed by atoms with E-state index in [2.05, 4.69) is 5.10 Å². The van der Waals surface area contributed by atoms with Crippen LogP contribution in [-0.2, 0) is 19.1 Å². The van der Waals surface area contributed by atoms with Gasteiger partial charge < -0.3 is 10.8 Å². The Kier molecular flexibility index (Phi) is 3.79.